The predicted molar refractivity (Wildman–Crippen MR) is 95.5 cm³/mol. The highest BCUT2D eigenvalue weighted by molar-refractivity contribution is 5.92. The van der Waals surface area contributed by atoms with Gasteiger partial charge in [0.2, 0.25) is 0 Å². The summed E-state index contributed by atoms with van der Waals surface area (Å²) in [6.07, 6.45) is 3.44. The monoisotopic (exact) mass is 336 g/mol. The van der Waals surface area contributed by atoms with E-state index in [-0.39, 0.29) is 11.1 Å². The van der Waals surface area contributed by atoms with Gasteiger partial charge in [-0.1, -0.05) is 12.1 Å². The minimum atomic E-state index is -0.422. The first-order valence-corrected chi connectivity index (χ1v) is 7.75. The fourth-order valence-electron chi connectivity index (χ4n) is 2.90. The number of benzene rings is 1. The van der Waals surface area contributed by atoms with E-state index in [4.69, 9.17) is 4.74 Å². The minimum Gasteiger partial charge on any atom is -0.493 e. The quantitative estimate of drug-likeness (QED) is 0.532. The summed E-state index contributed by atoms with van der Waals surface area (Å²) in [6.45, 7) is -0.422. The molecule has 7 nitrogen and oxygen atoms in total. The molecular formula is C18H16N4O3. The summed E-state index contributed by atoms with van der Waals surface area (Å²) in [4.78, 5) is 20.4. The molecule has 0 spiro atoms. The molecule has 25 heavy (non-hydrogen) atoms. The molecule has 0 fully saturated rings. The summed E-state index contributed by atoms with van der Waals surface area (Å²) in [5.41, 5.74) is 1.90. The smallest absolute Gasteiger partial charge is 0.265 e. The molecule has 7 heteroatoms. The molecule has 0 radical (unpaired) electrons. The van der Waals surface area contributed by atoms with Crippen LogP contribution >= 0.6 is 0 Å². The molecular weight excluding hydrogens is 320 g/mol. The van der Waals surface area contributed by atoms with E-state index in [9.17, 15) is 9.90 Å². The Morgan fingerprint density at radius 3 is 2.96 bits per heavy atom. The largest absolute Gasteiger partial charge is 0.493 e. The van der Waals surface area contributed by atoms with E-state index in [2.05, 4.69) is 15.3 Å². The molecule has 0 aliphatic rings. The first-order valence-electron chi connectivity index (χ1n) is 7.75. The van der Waals surface area contributed by atoms with Gasteiger partial charge in [0.15, 0.2) is 11.4 Å². The zero-order chi connectivity index (χ0) is 17.4. The van der Waals surface area contributed by atoms with Crippen molar-refractivity contribution >= 4 is 28.1 Å². The number of aromatic nitrogens is 3. The Morgan fingerprint density at radius 2 is 2.16 bits per heavy atom. The summed E-state index contributed by atoms with van der Waals surface area (Å²) in [5.74, 6) is 0.782. The van der Waals surface area contributed by atoms with Crippen molar-refractivity contribution in [3.05, 3.63) is 64.7 Å². The number of methoxy groups -OCH3 is 1. The van der Waals surface area contributed by atoms with Crippen LogP contribution in [0.25, 0.3) is 16.6 Å². The van der Waals surface area contributed by atoms with Crippen molar-refractivity contribution in [1.29, 1.82) is 0 Å². The average molecular weight is 336 g/mol. The van der Waals surface area contributed by atoms with Crippen LogP contribution in [-0.4, -0.2) is 26.6 Å². The molecule has 0 unspecified atom stereocenters. The number of nitrogens with zero attached hydrogens (tertiary/aromatic N) is 2. The summed E-state index contributed by atoms with van der Waals surface area (Å²) in [6, 6.07) is 11.2. The number of fused-ring (bicyclic) bond motifs is 2. The van der Waals surface area contributed by atoms with Gasteiger partial charge in [0.25, 0.3) is 5.56 Å². The molecule has 4 rings (SSSR count). The minimum absolute atomic E-state index is 0.189. The fraction of sp³-hybridized carbons (Fsp3) is 0.111. The highest BCUT2D eigenvalue weighted by atomic mass is 16.5. The number of anilines is 2. The van der Waals surface area contributed by atoms with Gasteiger partial charge in [-0.3, -0.25) is 9.20 Å². The number of pyridine rings is 1. The Balaban J connectivity index is 1.94. The summed E-state index contributed by atoms with van der Waals surface area (Å²) < 4.78 is 6.67. The van der Waals surface area contributed by atoms with E-state index in [1.54, 1.807) is 18.3 Å². The summed E-state index contributed by atoms with van der Waals surface area (Å²) in [5, 5.41) is 13.9. The molecule has 0 aliphatic carbocycles. The molecule has 0 saturated heterocycles. The van der Waals surface area contributed by atoms with Crippen LogP contribution < -0.4 is 15.6 Å². The number of rotatable bonds is 4. The number of H-pyrrole nitrogens is 1. The number of hydrogen-bond acceptors (Lipinski definition) is 5. The molecule has 0 aliphatic heterocycles. The molecule has 3 N–H and O–H groups in total. The molecule has 0 amide bonds. The van der Waals surface area contributed by atoms with Crippen molar-refractivity contribution in [2.45, 2.75) is 6.61 Å². The lowest BCUT2D eigenvalue weighted by atomic mass is 10.2. The maximum Gasteiger partial charge on any atom is 0.265 e. The topological polar surface area (TPSA) is 91.6 Å². The van der Waals surface area contributed by atoms with E-state index < -0.39 is 6.61 Å². The second-order valence-electron chi connectivity index (χ2n) is 5.54. The van der Waals surface area contributed by atoms with Crippen LogP contribution in [0.2, 0.25) is 0 Å². The lowest BCUT2D eigenvalue weighted by molar-refractivity contribution is 0.280. The predicted octanol–water partition coefficient (Wildman–Crippen LogP) is 2.42. The zero-order valence-corrected chi connectivity index (χ0v) is 13.5. The fourth-order valence-corrected chi connectivity index (χ4v) is 2.90. The van der Waals surface area contributed by atoms with E-state index in [1.165, 1.54) is 11.5 Å². The van der Waals surface area contributed by atoms with Crippen molar-refractivity contribution < 1.29 is 9.84 Å². The third-order valence-corrected chi connectivity index (χ3v) is 4.13. The SMILES string of the molecule is COc1cccn2c(=O)c(CO)c(Nc3cccc4cc[nH]c34)nc12. The maximum atomic E-state index is 12.7. The summed E-state index contributed by atoms with van der Waals surface area (Å²) in [7, 11) is 1.52. The lowest BCUT2D eigenvalue weighted by Crippen LogP contribution is -2.22. The van der Waals surface area contributed by atoms with Crippen LogP contribution in [0, 0.1) is 0 Å². The van der Waals surface area contributed by atoms with Crippen molar-refractivity contribution in [2.24, 2.45) is 0 Å². The number of hydrogen-bond donors (Lipinski definition) is 3. The van der Waals surface area contributed by atoms with Gasteiger partial charge in [-0.25, -0.2) is 4.98 Å². The van der Waals surface area contributed by atoms with Gasteiger partial charge in [0, 0.05) is 17.8 Å². The van der Waals surface area contributed by atoms with Crippen LogP contribution in [0.4, 0.5) is 11.5 Å². The van der Waals surface area contributed by atoms with Gasteiger partial charge in [0.05, 0.1) is 30.5 Å². The van der Waals surface area contributed by atoms with E-state index in [0.29, 0.717) is 17.2 Å². The van der Waals surface area contributed by atoms with Crippen LogP contribution in [0.1, 0.15) is 5.56 Å². The number of ether oxygens (including phenoxy) is 1. The standard InChI is InChI=1S/C18H16N4O3/c1-25-14-6-3-9-22-17(14)21-16(12(10-23)18(22)24)20-13-5-2-4-11-7-8-19-15(11)13/h2-9,19-20,23H,10H2,1H3. The second-order valence-corrected chi connectivity index (χ2v) is 5.54. The lowest BCUT2D eigenvalue weighted by Gasteiger charge is -2.13. The van der Waals surface area contributed by atoms with Gasteiger partial charge in [-0.2, -0.15) is 0 Å². The van der Waals surface area contributed by atoms with Crippen LogP contribution in [0.3, 0.4) is 0 Å². The maximum absolute atomic E-state index is 12.7. The third kappa shape index (κ3) is 2.41. The number of aliphatic hydroxyl groups is 1. The van der Waals surface area contributed by atoms with E-state index in [1.807, 2.05) is 30.5 Å². The molecule has 3 heterocycles. The molecule has 4 aromatic rings. The molecule has 0 saturated carbocycles. The van der Waals surface area contributed by atoms with Crippen LogP contribution in [0.5, 0.6) is 5.75 Å². The zero-order valence-electron chi connectivity index (χ0n) is 13.5. The Morgan fingerprint density at radius 1 is 1.28 bits per heavy atom. The van der Waals surface area contributed by atoms with Crippen molar-refractivity contribution in [3.63, 3.8) is 0 Å². The van der Waals surface area contributed by atoms with Gasteiger partial charge in [0.1, 0.15) is 5.82 Å². The molecule has 0 bridgehead atoms. The second kappa shape index (κ2) is 5.95. The van der Waals surface area contributed by atoms with Crippen molar-refractivity contribution in [1.82, 2.24) is 14.4 Å². The number of para-hydroxylation sites is 1. The number of aliphatic hydroxyl groups excluding tert-OH is 1. The van der Waals surface area contributed by atoms with Crippen LogP contribution in [0.15, 0.2) is 53.6 Å². The van der Waals surface area contributed by atoms with E-state index >= 15 is 0 Å². The highest BCUT2D eigenvalue weighted by Crippen LogP contribution is 2.26. The normalized spacial score (nSPS) is 11.1. The molecule has 1 aromatic carbocycles. The van der Waals surface area contributed by atoms with Gasteiger partial charge in [-0.05, 0) is 24.3 Å². The van der Waals surface area contributed by atoms with Crippen LogP contribution in [-0.2, 0) is 6.61 Å². The molecule has 0 atom stereocenters. The first kappa shape index (κ1) is 15.2. The van der Waals surface area contributed by atoms with Gasteiger partial charge >= 0.3 is 0 Å². The Labute approximate surface area is 142 Å². The molecule has 126 valence electrons. The highest BCUT2D eigenvalue weighted by Gasteiger charge is 2.15. The van der Waals surface area contributed by atoms with E-state index in [0.717, 1.165) is 16.6 Å². The van der Waals surface area contributed by atoms with Gasteiger partial charge < -0.3 is 20.1 Å². The van der Waals surface area contributed by atoms with Gasteiger partial charge in [-0.15, -0.1) is 0 Å². The summed E-state index contributed by atoms with van der Waals surface area (Å²) >= 11 is 0. The molecule has 3 aromatic heterocycles. The van der Waals surface area contributed by atoms with Crippen molar-refractivity contribution in [2.75, 3.05) is 12.4 Å². The Bertz CT molecular complexity index is 1130. The third-order valence-electron chi connectivity index (χ3n) is 4.13. The first-order chi connectivity index (χ1) is 12.2. The van der Waals surface area contributed by atoms with Crippen molar-refractivity contribution in [3.8, 4) is 5.75 Å². The Kier molecular flexibility index (Phi) is 3.62. The Hall–Kier alpha value is -3.32. The number of aromatic amines is 1. The average Bonchev–Trinajstić information content (AvgIpc) is 3.11. The number of nitrogens with one attached hydrogen (secondary N) is 2.